The molecule has 0 saturated carbocycles. The Labute approximate surface area is 96.8 Å². The second kappa shape index (κ2) is 4.22. The highest BCUT2D eigenvalue weighted by Gasteiger charge is 2.26. The maximum atomic E-state index is 13.5. The molecule has 1 heterocycles. The van der Waals surface area contributed by atoms with E-state index < -0.39 is 5.82 Å². The number of halogens is 2. The van der Waals surface area contributed by atoms with Gasteiger partial charge in [-0.05, 0) is 18.2 Å². The first-order valence-electron chi connectivity index (χ1n) is 4.85. The van der Waals surface area contributed by atoms with Crippen molar-refractivity contribution in [3.05, 3.63) is 29.0 Å². The van der Waals surface area contributed by atoms with Crippen molar-refractivity contribution in [1.82, 2.24) is 0 Å². The number of ketones is 1. The number of carbonyl (C=O) groups excluding carboxylic acids is 2. The second-order valence-corrected chi connectivity index (χ2v) is 4.04. The third kappa shape index (κ3) is 2.07. The SMILES string of the molecule is O=C1CCN(c2ccc(Cl)cc2F)C(=O)C1. The zero-order chi connectivity index (χ0) is 11.7. The lowest BCUT2D eigenvalue weighted by molar-refractivity contribution is -0.128. The molecule has 0 radical (unpaired) electrons. The van der Waals surface area contributed by atoms with Crippen LogP contribution >= 0.6 is 11.6 Å². The molecule has 1 aromatic carbocycles. The number of amides is 1. The fourth-order valence-electron chi connectivity index (χ4n) is 1.67. The molecule has 0 spiro atoms. The van der Waals surface area contributed by atoms with Crippen LogP contribution in [0.25, 0.3) is 0 Å². The number of nitrogens with zero attached hydrogens (tertiary/aromatic N) is 1. The molecule has 0 atom stereocenters. The van der Waals surface area contributed by atoms with E-state index in [1.165, 1.54) is 17.0 Å². The molecule has 2 rings (SSSR count). The molecule has 0 aliphatic carbocycles. The Hall–Kier alpha value is -1.42. The molecule has 1 aliphatic rings. The van der Waals surface area contributed by atoms with Gasteiger partial charge in [-0.1, -0.05) is 11.6 Å². The van der Waals surface area contributed by atoms with Gasteiger partial charge in [0.15, 0.2) is 0 Å². The summed E-state index contributed by atoms with van der Waals surface area (Å²) in [5.74, 6) is -1.01. The lowest BCUT2D eigenvalue weighted by Gasteiger charge is -2.26. The predicted molar refractivity (Wildman–Crippen MR) is 58.0 cm³/mol. The van der Waals surface area contributed by atoms with Crippen LogP contribution in [0.1, 0.15) is 12.8 Å². The molecular weight excluding hydrogens is 233 g/mol. The van der Waals surface area contributed by atoms with Crippen LogP contribution < -0.4 is 4.90 Å². The molecule has 1 fully saturated rings. The summed E-state index contributed by atoms with van der Waals surface area (Å²) >= 11 is 5.62. The molecule has 1 aromatic rings. The molecule has 5 heteroatoms. The fraction of sp³-hybridized carbons (Fsp3) is 0.273. The number of hydrogen-bond donors (Lipinski definition) is 0. The van der Waals surface area contributed by atoms with Gasteiger partial charge in [-0.25, -0.2) is 4.39 Å². The van der Waals surface area contributed by atoms with Crippen LogP contribution in [0, 0.1) is 5.82 Å². The van der Waals surface area contributed by atoms with E-state index in [1.54, 1.807) is 0 Å². The van der Waals surface area contributed by atoms with E-state index in [0.29, 0.717) is 0 Å². The molecule has 16 heavy (non-hydrogen) atoms. The van der Waals surface area contributed by atoms with Gasteiger partial charge in [-0.15, -0.1) is 0 Å². The molecule has 1 amide bonds. The van der Waals surface area contributed by atoms with E-state index in [9.17, 15) is 14.0 Å². The summed E-state index contributed by atoms with van der Waals surface area (Å²) < 4.78 is 13.5. The van der Waals surface area contributed by atoms with Gasteiger partial charge in [-0.3, -0.25) is 9.59 Å². The standard InChI is InChI=1S/C11H9ClFNO2/c12-7-1-2-10(9(13)5-7)14-4-3-8(15)6-11(14)16/h1-2,5H,3-4,6H2. The molecule has 0 bridgehead atoms. The maximum absolute atomic E-state index is 13.5. The number of anilines is 1. The van der Waals surface area contributed by atoms with Crippen LogP contribution in [0.3, 0.4) is 0 Å². The summed E-state index contributed by atoms with van der Waals surface area (Å²) in [4.78, 5) is 23.9. The Morgan fingerprint density at radius 1 is 1.31 bits per heavy atom. The van der Waals surface area contributed by atoms with Crippen LogP contribution in [0.5, 0.6) is 0 Å². The van der Waals surface area contributed by atoms with Gasteiger partial charge >= 0.3 is 0 Å². The lowest BCUT2D eigenvalue weighted by atomic mass is 10.1. The first-order valence-corrected chi connectivity index (χ1v) is 5.23. The summed E-state index contributed by atoms with van der Waals surface area (Å²) in [6.45, 7) is 0.232. The van der Waals surface area contributed by atoms with Crippen LogP contribution in [-0.4, -0.2) is 18.2 Å². The number of hydrogen-bond acceptors (Lipinski definition) is 2. The fourth-order valence-corrected chi connectivity index (χ4v) is 1.83. The van der Waals surface area contributed by atoms with Gasteiger partial charge in [0.05, 0.1) is 12.1 Å². The van der Waals surface area contributed by atoms with Gasteiger partial charge in [0, 0.05) is 18.0 Å². The number of rotatable bonds is 1. The van der Waals surface area contributed by atoms with E-state index in [1.807, 2.05) is 0 Å². The van der Waals surface area contributed by atoms with Crippen molar-refractivity contribution in [2.45, 2.75) is 12.8 Å². The summed E-state index contributed by atoms with van der Waals surface area (Å²) in [6.07, 6.45) is 0.121. The quantitative estimate of drug-likeness (QED) is 0.707. The first kappa shape index (κ1) is 11.1. The van der Waals surface area contributed by atoms with E-state index in [0.717, 1.165) is 6.07 Å². The molecule has 0 unspecified atom stereocenters. The monoisotopic (exact) mass is 241 g/mol. The zero-order valence-corrected chi connectivity index (χ0v) is 9.13. The van der Waals surface area contributed by atoms with Crippen molar-refractivity contribution in [3.63, 3.8) is 0 Å². The van der Waals surface area contributed by atoms with E-state index in [4.69, 9.17) is 11.6 Å². The maximum Gasteiger partial charge on any atom is 0.234 e. The van der Waals surface area contributed by atoms with Crippen molar-refractivity contribution < 1.29 is 14.0 Å². The van der Waals surface area contributed by atoms with Crippen molar-refractivity contribution in [3.8, 4) is 0 Å². The smallest absolute Gasteiger partial charge is 0.234 e. The Morgan fingerprint density at radius 3 is 2.69 bits per heavy atom. The third-order valence-electron chi connectivity index (χ3n) is 2.46. The van der Waals surface area contributed by atoms with Gasteiger partial charge in [-0.2, -0.15) is 0 Å². The van der Waals surface area contributed by atoms with Crippen LogP contribution in [0.4, 0.5) is 10.1 Å². The van der Waals surface area contributed by atoms with E-state index in [-0.39, 0.29) is 41.8 Å². The average molecular weight is 242 g/mol. The van der Waals surface area contributed by atoms with Crippen molar-refractivity contribution in [1.29, 1.82) is 0 Å². The van der Waals surface area contributed by atoms with Crippen LogP contribution in [-0.2, 0) is 9.59 Å². The molecule has 1 saturated heterocycles. The highest BCUT2D eigenvalue weighted by molar-refractivity contribution is 6.30. The summed E-state index contributed by atoms with van der Waals surface area (Å²) in [7, 11) is 0. The molecule has 1 aliphatic heterocycles. The Morgan fingerprint density at radius 2 is 2.06 bits per heavy atom. The Bertz CT molecular complexity index is 461. The van der Waals surface area contributed by atoms with Gasteiger partial charge in [0.1, 0.15) is 11.6 Å². The largest absolute Gasteiger partial charge is 0.309 e. The minimum atomic E-state index is -0.546. The Kier molecular flexibility index (Phi) is 2.92. The molecular formula is C11H9ClFNO2. The molecule has 0 N–H and O–H groups in total. The van der Waals surface area contributed by atoms with Gasteiger partial charge in [0.2, 0.25) is 5.91 Å². The van der Waals surface area contributed by atoms with Crippen LogP contribution in [0.2, 0.25) is 5.02 Å². The average Bonchev–Trinajstić information content (AvgIpc) is 2.19. The highest BCUT2D eigenvalue weighted by atomic mass is 35.5. The molecule has 3 nitrogen and oxygen atoms in total. The summed E-state index contributed by atoms with van der Waals surface area (Å²) in [6, 6.07) is 4.12. The predicted octanol–water partition coefficient (Wildman–Crippen LogP) is 2.17. The minimum Gasteiger partial charge on any atom is -0.309 e. The van der Waals surface area contributed by atoms with Crippen LogP contribution in [0.15, 0.2) is 18.2 Å². The first-order chi connectivity index (χ1) is 7.58. The summed E-state index contributed by atoms with van der Waals surface area (Å²) in [5, 5.41) is 0.279. The second-order valence-electron chi connectivity index (χ2n) is 3.61. The highest BCUT2D eigenvalue weighted by Crippen LogP contribution is 2.25. The Balaban J connectivity index is 2.30. The summed E-state index contributed by atoms with van der Waals surface area (Å²) in [5.41, 5.74) is 0.182. The number of carbonyl (C=O) groups is 2. The zero-order valence-electron chi connectivity index (χ0n) is 8.37. The number of benzene rings is 1. The van der Waals surface area contributed by atoms with Crippen molar-refractivity contribution in [2.75, 3.05) is 11.4 Å². The lowest BCUT2D eigenvalue weighted by Crippen LogP contribution is -2.39. The van der Waals surface area contributed by atoms with Crippen molar-refractivity contribution in [2.24, 2.45) is 0 Å². The van der Waals surface area contributed by atoms with Gasteiger partial charge < -0.3 is 4.90 Å². The molecule has 84 valence electrons. The minimum absolute atomic E-state index is 0.101. The topological polar surface area (TPSA) is 37.4 Å². The van der Waals surface area contributed by atoms with Gasteiger partial charge in [0.25, 0.3) is 0 Å². The normalized spacial score (nSPS) is 16.8. The third-order valence-corrected chi connectivity index (χ3v) is 2.70. The van der Waals surface area contributed by atoms with E-state index >= 15 is 0 Å². The molecule has 0 aromatic heterocycles. The number of piperidine rings is 1. The number of Topliss-reactive ketones (excluding diaryl/α,β-unsaturated/α-hetero) is 1. The van der Waals surface area contributed by atoms with Crippen molar-refractivity contribution >= 4 is 29.0 Å². The van der Waals surface area contributed by atoms with E-state index in [2.05, 4.69) is 0 Å².